The van der Waals surface area contributed by atoms with Gasteiger partial charge >= 0.3 is 0 Å². The summed E-state index contributed by atoms with van der Waals surface area (Å²) < 4.78 is 0. The highest BCUT2D eigenvalue weighted by atomic mass is 35.5. The van der Waals surface area contributed by atoms with Crippen molar-refractivity contribution < 1.29 is 0 Å². The van der Waals surface area contributed by atoms with Crippen LogP contribution in [0.5, 0.6) is 0 Å². The van der Waals surface area contributed by atoms with Crippen LogP contribution in [0.4, 0.5) is 11.8 Å². The lowest BCUT2D eigenvalue weighted by molar-refractivity contribution is 0.895. The molecule has 4 nitrogen and oxygen atoms in total. The minimum atomic E-state index is 0.570. The molecule has 2 aromatic heterocycles. The van der Waals surface area contributed by atoms with Crippen molar-refractivity contribution in [2.45, 2.75) is 19.9 Å². The SMILES string of the molecule is CCCNc1ncc(Cl)c(N(C)Cc2cccs2)n1. The summed E-state index contributed by atoms with van der Waals surface area (Å²) >= 11 is 7.90. The van der Waals surface area contributed by atoms with Crippen LogP contribution >= 0.6 is 22.9 Å². The first-order valence-corrected chi connectivity index (χ1v) is 7.46. The summed E-state index contributed by atoms with van der Waals surface area (Å²) in [5.74, 6) is 1.38. The Hall–Kier alpha value is -1.33. The van der Waals surface area contributed by atoms with Crippen LogP contribution in [0.2, 0.25) is 5.02 Å². The van der Waals surface area contributed by atoms with Gasteiger partial charge in [-0.2, -0.15) is 4.98 Å². The van der Waals surface area contributed by atoms with Crippen molar-refractivity contribution in [3.05, 3.63) is 33.6 Å². The minimum Gasteiger partial charge on any atom is -0.354 e. The molecule has 0 spiro atoms. The number of rotatable bonds is 6. The molecule has 0 aliphatic rings. The van der Waals surface area contributed by atoms with Crippen LogP contribution in [0.15, 0.2) is 23.7 Å². The monoisotopic (exact) mass is 296 g/mol. The molecule has 2 aromatic rings. The van der Waals surface area contributed by atoms with Gasteiger partial charge in [-0.3, -0.25) is 0 Å². The Morgan fingerprint density at radius 3 is 3.00 bits per heavy atom. The van der Waals surface area contributed by atoms with Gasteiger partial charge in [-0.25, -0.2) is 4.98 Å². The quantitative estimate of drug-likeness (QED) is 0.883. The van der Waals surface area contributed by atoms with Gasteiger partial charge < -0.3 is 10.2 Å². The fraction of sp³-hybridized carbons (Fsp3) is 0.385. The molecule has 0 fully saturated rings. The number of nitrogens with zero attached hydrogens (tertiary/aromatic N) is 3. The van der Waals surface area contributed by atoms with Gasteiger partial charge in [-0.05, 0) is 17.9 Å². The number of anilines is 2. The predicted octanol–water partition coefficient (Wildman–Crippen LogP) is 3.65. The Morgan fingerprint density at radius 1 is 1.47 bits per heavy atom. The summed E-state index contributed by atoms with van der Waals surface area (Å²) in [6.07, 6.45) is 2.68. The van der Waals surface area contributed by atoms with Crippen LogP contribution in [0, 0.1) is 0 Å². The summed E-state index contributed by atoms with van der Waals surface area (Å²) in [7, 11) is 1.98. The van der Waals surface area contributed by atoms with Crippen LogP contribution in [0.25, 0.3) is 0 Å². The molecule has 102 valence electrons. The van der Waals surface area contributed by atoms with Crippen molar-refractivity contribution in [2.75, 3.05) is 23.8 Å². The van der Waals surface area contributed by atoms with Crippen LogP contribution < -0.4 is 10.2 Å². The highest BCUT2D eigenvalue weighted by Gasteiger charge is 2.11. The molecule has 0 aliphatic carbocycles. The third-order valence-corrected chi connectivity index (χ3v) is 3.72. The van der Waals surface area contributed by atoms with Gasteiger partial charge in [-0.15, -0.1) is 11.3 Å². The molecule has 0 bridgehead atoms. The second-order valence-electron chi connectivity index (χ2n) is 4.23. The third-order valence-electron chi connectivity index (χ3n) is 2.59. The van der Waals surface area contributed by atoms with E-state index in [1.807, 2.05) is 18.0 Å². The van der Waals surface area contributed by atoms with E-state index in [2.05, 4.69) is 33.7 Å². The number of halogens is 1. The molecule has 0 atom stereocenters. The van der Waals surface area contributed by atoms with Crippen LogP contribution in [0.3, 0.4) is 0 Å². The lowest BCUT2D eigenvalue weighted by Crippen LogP contribution is -2.18. The second-order valence-corrected chi connectivity index (χ2v) is 5.67. The Labute approximate surface area is 122 Å². The predicted molar refractivity (Wildman–Crippen MR) is 82.2 cm³/mol. The normalized spacial score (nSPS) is 10.5. The van der Waals surface area contributed by atoms with E-state index in [-0.39, 0.29) is 0 Å². The molecule has 0 amide bonds. The van der Waals surface area contributed by atoms with Gasteiger partial charge in [-0.1, -0.05) is 24.6 Å². The minimum absolute atomic E-state index is 0.570. The van der Waals surface area contributed by atoms with Gasteiger partial charge in [0.25, 0.3) is 0 Å². The van der Waals surface area contributed by atoms with E-state index in [0.717, 1.165) is 25.3 Å². The van der Waals surface area contributed by atoms with Crippen LogP contribution in [0.1, 0.15) is 18.2 Å². The lowest BCUT2D eigenvalue weighted by atomic mass is 10.4. The Kier molecular flexibility index (Phi) is 4.99. The van der Waals surface area contributed by atoms with Crippen molar-refractivity contribution in [3.63, 3.8) is 0 Å². The van der Waals surface area contributed by atoms with Crippen molar-refractivity contribution in [2.24, 2.45) is 0 Å². The topological polar surface area (TPSA) is 41.1 Å². The van der Waals surface area contributed by atoms with Gasteiger partial charge in [0, 0.05) is 18.5 Å². The molecule has 6 heteroatoms. The first-order chi connectivity index (χ1) is 9.20. The zero-order valence-corrected chi connectivity index (χ0v) is 12.6. The molecule has 0 saturated carbocycles. The first kappa shape index (κ1) is 14.1. The molecule has 0 aromatic carbocycles. The standard InChI is InChI=1S/C13H17ClN4S/c1-3-6-15-13-16-8-11(14)12(17-13)18(2)9-10-5-4-7-19-10/h4-5,7-8H,3,6,9H2,1-2H3,(H,15,16,17). The van der Waals surface area contributed by atoms with Crippen LogP contribution in [-0.2, 0) is 6.54 Å². The molecule has 0 saturated heterocycles. The number of thiophene rings is 1. The average Bonchev–Trinajstić information content (AvgIpc) is 2.90. The number of nitrogens with one attached hydrogen (secondary N) is 1. The third kappa shape index (κ3) is 3.81. The first-order valence-electron chi connectivity index (χ1n) is 6.20. The van der Waals surface area contributed by atoms with Crippen molar-refractivity contribution in [1.82, 2.24) is 9.97 Å². The van der Waals surface area contributed by atoms with E-state index in [1.54, 1.807) is 17.5 Å². The molecule has 19 heavy (non-hydrogen) atoms. The Bertz CT molecular complexity index is 515. The summed E-state index contributed by atoms with van der Waals surface area (Å²) in [5.41, 5.74) is 0. The summed E-state index contributed by atoms with van der Waals surface area (Å²) in [4.78, 5) is 12.0. The molecule has 2 rings (SSSR count). The Balaban J connectivity index is 2.13. The van der Waals surface area contributed by atoms with E-state index >= 15 is 0 Å². The number of aromatic nitrogens is 2. The maximum Gasteiger partial charge on any atom is 0.224 e. The Morgan fingerprint density at radius 2 is 2.32 bits per heavy atom. The highest BCUT2D eigenvalue weighted by Crippen LogP contribution is 2.24. The van der Waals surface area contributed by atoms with E-state index in [0.29, 0.717) is 11.0 Å². The van der Waals surface area contributed by atoms with Gasteiger partial charge in [0.15, 0.2) is 5.82 Å². The zero-order chi connectivity index (χ0) is 13.7. The van der Waals surface area contributed by atoms with E-state index in [9.17, 15) is 0 Å². The van der Waals surface area contributed by atoms with Gasteiger partial charge in [0.05, 0.1) is 12.7 Å². The van der Waals surface area contributed by atoms with E-state index in [4.69, 9.17) is 11.6 Å². The van der Waals surface area contributed by atoms with Crippen LogP contribution in [-0.4, -0.2) is 23.6 Å². The average molecular weight is 297 g/mol. The van der Waals surface area contributed by atoms with Crippen molar-refractivity contribution in [1.29, 1.82) is 0 Å². The maximum absolute atomic E-state index is 6.17. The molecular weight excluding hydrogens is 280 g/mol. The van der Waals surface area contributed by atoms with Crippen molar-refractivity contribution >= 4 is 34.7 Å². The highest BCUT2D eigenvalue weighted by molar-refractivity contribution is 7.09. The van der Waals surface area contributed by atoms with Gasteiger partial charge in [0.1, 0.15) is 5.02 Å². The molecular formula is C13H17ClN4S. The van der Waals surface area contributed by atoms with E-state index in [1.165, 1.54) is 4.88 Å². The van der Waals surface area contributed by atoms with E-state index < -0.39 is 0 Å². The van der Waals surface area contributed by atoms with Gasteiger partial charge in [0.2, 0.25) is 5.95 Å². The smallest absolute Gasteiger partial charge is 0.224 e. The molecule has 0 aliphatic heterocycles. The number of hydrogen-bond donors (Lipinski definition) is 1. The lowest BCUT2D eigenvalue weighted by Gasteiger charge is -2.19. The maximum atomic E-state index is 6.17. The molecule has 1 N–H and O–H groups in total. The summed E-state index contributed by atoms with van der Waals surface area (Å²) in [5, 5.41) is 5.81. The zero-order valence-electron chi connectivity index (χ0n) is 11.1. The molecule has 0 unspecified atom stereocenters. The van der Waals surface area contributed by atoms with Crippen molar-refractivity contribution in [3.8, 4) is 0 Å². The summed E-state index contributed by atoms with van der Waals surface area (Å²) in [6, 6.07) is 4.15. The number of hydrogen-bond acceptors (Lipinski definition) is 5. The molecule has 2 heterocycles. The largest absolute Gasteiger partial charge is 0.354 e. The second kappa shape index (κ2) is 6.73. The molecule has 0 radical (unpaired) electrons. The summed E-state index contributed by atoms with van der Waals surface area (Å²) in [6.45, 7) is 3.75. The fourth-order valence-electron chi connectivity index (χ4n) is 1.66. The fourth-order valence-corrected chi connectivity index (χ4v) is 2.65.